The van der Waals surface area contributed by atoms with Gasteiger partial charge in [-0.05, 0) is 18.8 Å². The van der Waals surface area contributed by atoms with E-state index in [0.717, 1.165) is 5.92 Å². The molecule has 0 aromatic rings. The van der Waals surface area contributed by atoms with Crippen molar-refractivity contribution in [3.8, 4) is 0 Å². The van der Waals surface area contributed by atoms with Crippen molar-refractivity contribution in [2.45, 2.75) is 44.7 Å². The van der Waals surface area contributed by atoms with Gasteiger partial charge >= 0.3 is 0 Å². The maximum Gasteiger partial charge on any atom is 0.0607 e. The Bertz CT molecular complexity index is 137. The van der Waals surface area contributed by atoms with Crippen molar-refractivity contribution in [3.05, 3.63) is 0 Å². The first-order chi connectivity index (χ1) is 6.26. The van der Waals surface area contributed by atoms with E-state index in [1.807, 2.05) is 0 Å². The van der Waals surface area contributed by atoms with Crippen LogP contribution in [0.2, 0.25) is 0 Å². The zero-order chi connectivity index (χ0) is 9.68. The Hall–Kier alpha value is -0.120. The Morgan fingerprint density at radius 1 is 1.31 bits per heavy atom. The van der Waals surface area contributed by atoms with Crippen molar-refractivity contribution in [2.24, 2.45) is 5.92 Å². The van der Waals surface area contributed by atoms with E-state index in [-0.39, 0.29) is 19.3 Å². The number of rotatable bonds is 4. The highest BCUT2D eigenvalue weighted by Gasteiger charge is 2.20. The van der Waals surface area contributed by atoms with Crippen molar-refractivity contribution in [3.63, 3.8) is 0 Å². The van der Waals surface area contributed by atoms with Crippen LogP contribution in [0.25, 0.3) is 0 Å². The molecular formula is C10H21NO2. The van der Waals surface area contributed by atoms with Crippen molar-refractivity contribution in [1.82, 2.24) is 5.32 Å². The summed E-state index contributed by atoms with van der Waals surface area (Å²) >= 11 is 0. The first-order valence-electron chi connectivity index (χ1n) is 5.24. The molecule has 0 aromatic carbocycles. The highest BCUT2D eigenvalue weighted by Crippen LogP contribution is 2.23. The molecule has 0 aromatic heterocycles. The molecule has 1 saturated carbocycles. The lowest BCUT2D eigenvalue weighted by molar-refractivity contribution is 0.149. The summed E-state index contributed by atoms with van der Waals surface area (Å²) in [6.45, 7) is 2.32. The van der Waals surface area contributed by atoms with E-state index in [0.29, 0.717) is 6.04 Å². The molecule has 3 N–H and O–H groups in total. The Morgan fingerprint density at radius 2 is 2.00 bits per heavy atom. The van der Waals surface area contributed by atoms with Crippen LogP contribution in [0.3, 0.4) is 0 Å². The molecule has 3 nitrogen and oxygen atoms in total. The summed E-state index contributed by atoms with van der Waals surface area (Å²) < 4.78 is 0. The third kappa shape index (κ3) is 3.63. The third-order valence-electron chi connectivity index (χ3n) is 2.85. The summed E-state index contributed by atoms with van der Waals surface area (Å²) in [7, 11) is 0. The largest absolute Gasteiger partial charge is 0.395 e. The van der Waals surface area contributed by atoms with E-state index >= 15 is 0 Å². The summed E-state index contributed by atoms with van der Waals surface area (Å²) in [5.41, 5.74) is 0. The van der Waals surface area contributed by atoms with Crippen LogP contribution in [-0.2, 0) is 0 Å². The van der Waals surface area contributed by atoms with Gasteiger partial charge in [-0.25, -0.2) is 0 Å². The first kappa shape index (κ1) is 11.0. The predicted molar refractivity (Wildman–Crippen MR) is 52.5 cm³/mol. The molecule has 0 bridgehead atoms. The third-order valence-corrected chi connectivity index (χ3v) is 2.85. The fourth-order valence-electron chi connectivity index (χ4n) is 2.08. The second-order valence-electron chi connectivity index (χ2n) is 4.20. The quantitative estimate of drug-likeness (QED) is 0.601. The lowest BCUT2D eigenvalue weighted by Gasteiger charge is -2.30. The second kappa shape index (κ2) is 5.58. The Balaban J connectivity index is 2.26. The lowest BCUT2D eigenvalue weighted by atomic mass is 9.87. The smallest absolute Gasteiger partial charge is 0.0607 e. The van der Waals surface area contributed by atoms with Crippen LogP contribution in [0.5, 0.6) is 0 Å². The predicted octanol–water partition coefficient (Wildman–Crippen LogP) is 0.508. The van der Waals surface area contributed by atoms with Gasteiger partial charge in [0.2, 0.25) is 0 Å². The van der Waals surface area contributed by atoms with Crippen LogP contribution in [0.15, 0.2) is 0 Å². The maximum absolute atomic E-state index is 8.90. The second-order valence-corrected chi connectivity index (χ2v) is 4.20. The van der Waals surface area contributed by atoms with Gasteiger partial charge in [0.25, 0.3) is 0 Å². The minimum Gasteiger partial charge on any atom is -0.395 e. The van der Waals surface area contributed by atoms with Gasteiger partial charge in [0, 0.05) is 6.04 Å². The normalized spacial score (nSPS) is 29.5. The standard InChI is InChI=1S/C10H21NO2/c1-8-3-2-4-9(5-8)11-10(6-12)7-13/h8-13H,2-7H2,1H3/t8-,9-/m0/s1. The summed E-state index contributed by atoms with van der Waals surface area (Å²) in [5.74, 6) is 0.782. The van der Waals surface area contributed by atoms with Gasteiger partial charge in [0.1, 0.15) is 0 Å². The van der Waals surface area contributed by atoms with Gasteiger partial charge in [-0.2, -0.15) is 0 Å². The van der Waals surface area contributed by atoms with Gasteiger partial charge in [0.05, 0.1) is 19.3 Å². The summed E-state index contributed by atoms with van der Waals surface area (Å²) in [4.78, 5) is 0. The number of aliphatic hydroxyl groups excluding tert-OH is 2. The number of hydrogen-bond acceptors (Lipinski definition) is 3. The van der Waals surface area contributed by atoms with Crippen LogP contribution in [-0.4, -0.2) is 35.5 Å². The van der Waals surface area contributed by atoms with E-state index in [4.69, 9.17) is 10.2 Å². The molecule has 78 valence electrons. The average Bonchev–Trinajstić information content (AvgIpc) is 2.14. The molecule has 0 saturated heterocycles. The van der Waals surface area contributed by atoms with Gasteiger partial charge in [0.15, 0.2) is 0 Å². The first-order valence-corrected chi connectivity index (χ1v) is 5.24. The van der Waals surface area contributed by atoms with E-state index in [9.17, 15) is 0 Å². The van der Waals surface area contributed by atoms with Gasteiger partial charge in [-0.3, -0.25) is 0 Å². The van der Waals surface area contributed by atoms with Gasteiger partial charge in [-0.15, -0.1) is 0 Å². The van der Waals surface area contributed by atoms with Crippen molar-refractivity contribution in [1.29, 1.82) is 0 Å². The molecule has 1 aliphatic rings. The van der Waals surface area contributed by atoms with Crippen LogP contribution >= 0.6 is 0 Å². The SMILES string of the molecule is C[C@H]1CCC[C@H](NC(CO)CO)C1. The van der Waals surface area contributed by atoms with Crippen molar-refractivity contribution in [2.75, 3.05) is 13.2 Å². The van der Waals surface area contributed by atoms with Crippen LogP contribution in [0.4, 0.5) is 0 Å². The highest BCUT2D eigenvalue weighted by molar-refractivity contribution is 4.79. The zero-order valence-corrected chi connectivity index (χ0v) is 8.37. The number of nitrogens with one attached hydrogen (secondary N) is 1. The van der Waals surface area contributed by atoms with Crippen molar-refractivity contribution >= 4 is 0 Å². The van der Waals surface area contributed by atoms with E-state index in [2.05, 4.69) is 12.2 Å². The molecule has 0 radical (unpaired) electrons. The molecule has 0 aliphatic heterocycles. The van der Waals surface area contributed by atoms with Crippen molar-refractivity contribution < 1.29 is 10.2 Å². The molecule has 3 heteroatoms. The Labute approximate surface area is 80.2 Å². The monoisotopic (exact) mass is 187 g/mol. The highest BCUT2D eigenvalue weighted by atomic mass is 16.3. The topological polar surface area (TPSA) is 52.5 Å². The lowest BCUT2D eigenvalue weighted by Crippen LogP contribution is -2.44. The molecule has 1 fully saturated rings. The summed E-state index contributed by atoms with van der Waals surface area (Å²) in [5, 5.41) is 21.1. The maximum atomic E-state index is 8.90. The van der Waals surface area contributed by atoms with Crippen LogP contribution in [0.1, 0.15) is 32.6 Å². The molecule has 0 heterocycles. The van der Waals surface area contributed by atoms with Crippen LogP contribution < -0.4 is 5.32 Å². The fraction of sp³-hybridized carbons (Fsp3) is 1.00. The van der Waals surface area contributed by atoms with Crippen LogP contribution in [0, 0.1) is 5.92 Å². The average molecular weight is 187 g/mol. The molecule has 2 atom stereocenters. The molecule has 1 rings (SSSR count). The molecule has 0 amide bonds. The molecule has 1 aliphatic carbocycles. The zero-order valence-electron chi connectivity index (χ0n) is 8.37. The Morgan fingerprint density at radius 3 is 2.54 bits per heavy atom. The molecule has 0 spiro atoms. The minimum atomic E-state index is -0.129. The molecular weight excluding hydrogens is 166 g/mol. The Kier molecular flexibility index (Phi) is 4.70. The van der Waals surface area contributed by atoms with Gasteiger partial charge in [-0.1, -0.05) is 19.8 Å². The fourth-order valence-corrected chi connectivity index (χ4v) is 2.08. The number of aliphatic hydroxyl groups is 2. The van der Waals surface area contributed by atoms with E-state index in [1.165, 1.54) is 25.7 Å². The molecule has 0 unspecified atom stereocenters. The summed E-state index contributed by atoms with van der Waals surface area (Å²) in [6, 6.07) is 0.364. The number of hydrogen-bond donors (Lipinski definition) is 3. The van der Waals surface area contributed by atoms with E-state index in [1.54, 1.807) is 0 Å². The molecule has 13 heavy (non-hydrogen) atoms. The summed E-state index contributed by atoms with van der Waals surface area (Å²) in [6.07, 6.45) is 4.95. The van der Waals surface area contributed by atoms with E-state index < -0.39 is 0 Å². The van der Waals surface area contributed by atoms with Gasteiger partial charge < -0.3 is 15.5 Å². The minimum absolute atomic E-state index is 0.0291.